The second kappa shape index (κ2) is 5.99. The minimum absolute atomic E-state index is 0.0830. The van der Waals surface area contributed by atoms with E-state index in [0.29, 0.717) is 18.8 Å². The third-order valence-corrected chi connectivity index (χ3v) is 5.57. The van der Waals surface area contributed by atoms with E-state index in [1.165, 1.54) is 0 Å². The molecule has 2 aromatic heterocycles. The number of nitrogens with two attached hydrogens (primary N) is 1. The number of aryl methyl sites for hydroxylation is 4. The molecule has 0 aliphatic carbocycles. The molecule has 26 heavy (non-hydrogen) atoms. The molecule has 1 amide bonds. The Bertz CT molecular complexity index is 1000. The fourth-order valence-corrected chi connectivity index (χ4v) is 4.08. The Hall–Kier alpha value is -2.60. The van der Waals surface area contributed by atoms with E-state index in [1.807, 2.05) is 44.6 Å². The van der Waals surface area contributed by atoms with E-state index in [4.69, 9.17) is 10.2 Å². The van der Waals surface area contributed by atoms with Gasteiger partial charge in [-0.1, -0.05) is 12.1 Å². The van der Waals surface area contributed by atoms with Gasteiger partial charge >= 0.3 is 0 Å². The van der Waals surface area contributed by atoms with E-state index in [9.17, 15) is 4.79 Å². The standard InChI is InChI=1S/C20H24N4O2/c1-11-5-6-12(2)18-17(11)13(3)19(26-18)20(25)24-9-14(15(21)10-24)16-7-8-22-23(16)4/h5-8,14-15H,9-10,21H2,1-4H3/t14-,15-/m1/s1. The predicted molar refractivity (Wildman–Crippen MR) is 100 cm³/mol. The Morgan fingerprint density at radius 1 is 1.19 bits per heavy atom. The maximum absolute atomic E-state index is 13.2. The first kappa shape index (κ1) is 16.8. The number of carbonyl (C=O) groups is 1. The van der Waals surface area contributed by atoms with Crippen molar-refractivity contribution in [2.24, 2.45) is 12.8 Å². The average molecular weight is 352 g/mol. The summed E-state index contributed by atoms with van der Waals surface area (Å²) in [4.78, 5) is 15.0. The van der Waals surface area contributed by atoms with Crippen LogP contribution in [0.2, 0.25) is 0 Å². The van der Waals surface area contributed by atoms with Crippen LogP contribution in [0.15, 0.2) is 28.8 Å². The van der Waals surface area contributed by atoms with Crippen LogP contribution < -0.4 is 5.73 Å². The summed E-state index contributed by atoms with van der Waals surface area (Å²) >= 11 is 0. The fourth-order valence-electron chi connectivity index (χ4n) is 4.08. The Morgan fingerprint density at radius 2 is 1.92 bits per heavy atom. The van der Waals surface area contributed by atoms with Crippen molar-refractivity contribution >= 4 is 16.9 Å². The van der Waals surface area contributed by atoms with Crippen molar-refractivity contribution in [3.05, 3.63) is 52.5 Å². The maximum atomic E-state index is 13.2. The highest BCUT2D eigenvalue weighted by Crippen LogP contribution is 2.33. The van der Waals surface area contributed by atoms with Crippen LogP contribution in [0.1, 0.15) is 38.9 Å². The van der Waals surface area contributed by atoms with Gasteiger partial charge in [-0.15, -0.1) is 0 Å². The van der Waals surface area contributed by atoms with E-state index >= 15 is 0 Å². The number of hydrogen-bond acceptors (Lipinski definition) is 4. The van der Waals surface area contributed by atoms with Crippen molar-refractivity contribution in [3.63, 3.8) is 0 Å². The van der Waals surface area contributed by atoms with E-state index in [1.54, 1.807) is 11.1 Å². The zero-order valence-electron chi connectivity index (χ0n) is 15.6. The van der Waals surface area contributed by atoms with Crippen LogP contribution in [0, 0.1) is 20.8 Å². The van der Waals surface area contributed by atoms with Crippen LogP contribution in [0.4, 0.5) is 0 Å². The van der Waals surface area contributed by atoms with Crippen LogP contribution >= 0.6 is 0 Å². The Kier molecular flexibility index (Phi) is 3.88. The summed E-state index contributed by atoms with van der Waals surface area (Å²) in [6.45, 7) is 7.10. The number of hydrogen-bond donors (Lipinski definition) is 1. The van der Waals surface area contributed by atoms with Gasteiger partial charge in [0.1, 0.15) is 5.58 Å². The fraction of sp³-hybridized carbons (Fsp3) is 0.400. The van der Waals surface area contributed by atoms with Gasteiger partial charge in [0.25, 0.3) is 5.91 Å². The molecular weight excluding hydrogens is 328 g/mol. The van der Waals surface area contributed by atoms with Crippen molar-refractivity contribution in [2.45, 2.75) is 32.7 Å². The third kappa shape index (κ3) is 2.44. The van der Waals surface area contributed by atoms with Gasteiger partial charge in [-0.2, -0.15) is 5.10 Å². The van der Waals surface area contributed by atoms with Crippen LogP contribution in [-0.2, 0) is 7.05 Å². The number of carbonyl (C=O) groups excluding carboxylic acids is 1. The van der Waals surface area contributed by atoms with Crippen molar-refractivity contribution in [3.8, 4) is 0 Å². The molecule has 1 aliphatic heterocycles. The van der Waals surface area contributed by atoms with Crippen LogP contribution in [0.3, 0.4) is 0 Å². The number of benzene rings is 1. The number of aromatic nitrogens is 2. The largest absolute Gasteiger partial charge is 0.450 e. The van der Waals surface area contributed by atoms with Crippen LogP contribution in [-0.4, -0.2) is 39.7 Å². The first-order valence-electron chi connectivity index (χ1n) is 8.90. The molecule has 2 atom stereocenters. The first-order chi connectivity index (χ1) is 12.4. The van der Waals surface area contributed by atoms with Crippen molar-refractivity contribution in [1.82, 2.24) is 14.7 Å². The van der Waals surface area contributed by atoms with Gasteiger partial charge in [-0.05, 0) is 38.0 Å². The smallest absolute Gasteiger partial charge is 0.289 e. The lowest BCUT2D eigenvalue weighted by molar-refractivity contribution is 0.0758. The molecule has 6 nitrogen and oxygen atoms in total. The van der Waals surface area contributed by atoms with Gasteiger partial charge in [0, 0.05) is 54.9 Å². The van der Waals surface area contributed by atoms with E-state index in [-0.39, 0.29) is 17.9 Å². The van der Waals surface area contributed by atoms with Gasteiger partial charge in [0.15, 0.2) is 5.76 Å². The number of rotatable bonds is 2. The normalized spacial score (nSPS) is 20.3. The number of nitrogens with zero attached hydrogens (tertiary/aromatic N) is 3. The molecule has 3 aromatic rings. The van der Waals surface area contributed by atoms with Gasteiger partial charge in [-0.25, -0.2) is 0 Å². The molecule has 4 rings (SSSR count). The van der Waals surface area contributed by atoms with Crippen molar-refractivity contribution in [1.29, 1.82) is 0 Å². The molecule has 1 aromatic carbocycles. The zero-order valence-corrected chi connectivity index (χ0v) is 15.6. The molecule has 0 spiro atoms. The molecule has 0 saturated carbocycles. The maximum Gasteiger partial charge on any atom is 0.289 e. The highest BCUT2D eigenvalue weighted by molar-refractivity contribution is 6.00. The molecule has 1 fully saturated rings. The number of furan rings is 1. The molecule has 0 bridgehead atoms. The summed E-state index contributed by atoms with van der Waals surface area (Å²) in [6, 6.07) is 5.96. The quantitative estimate of drug-likeness (QED) is 0.769. The first-order valence-corrected chi connectivity index (χ1v) is 8.90. The highest BCUT2D eigenvalue weighted by Gasteiger charge is 2.37. The second-order valence-electron chi connectivity index (χ2n) is 7.32. The number of amides is 1. The lowest BCUT2D eigenvalue weighted by atomic mass is 10.0. The van der Waals surface area contributed by atoms with E-state index in [2.05, 4.69) is 11.2 Å². The lowest BCUT2D eigenvalue weighted by Gasteiger charge is -2.15. The SMILES string of the molecule is Cc1ccc(C)c2c(C)c(C(=O)N3C[C@@H](N)[C@H](c4ccnn4C)C3)oc12. The number of fused-ring (bicyclic) bond motifs is 1. The molecule has 0 radical (unpaired) electrons. The van der Waals surface area contributed by atoms with Crippen LogP contribution in [0.25, 0.3) is 11.0 Å². The lowest BCUT2D eigenvalue weighted by Crippen LogP contribution is -2.32. The third-order valence-electron chi connectivity index (χ3n) is 5.57. The van der Waals surface area contributed by atoms with Gasteiger partial charge in [-0.3, -0.25) is 9.48 Å². The van der Waals surface area contributed by atoms with Gasteiger partial charge < -0.3 is 15.1 Å². The summed E-state index contributed by atoms with van der Waals surface area (Å²) in [5.41, 5.74) is 11.3. The van der Waals surface area contributed by atoms with Crippen LogP contribution in [0.5, 0.6) is 0 Å². The van der Waals surface area contributed by atoms with Gasteiger partial charge in [0.2, 0.25) is 0 Å². The van der Waals surface area contributed by atoms with Crippen molar-refractivity contribution in [2.75, 3.05) is 13.1 Å². The molecule has 6 heteroatoms. The van der Waals surface area contributed by atoms with Crippen molar-refractivity contribution < 1.29 is 9.21 Å². The highest BCUT2D eigenvalue weighted by atomic mass is 16.3. The van der Waals surface area contributed by atoms with Gasteiger partial charge in [0.05, 0.1) is 0 Å². The minimum atomic E-state index is -0.109. The van der Waals surface area contributed by atoms with E-state index in [0.717, 1.165) is 33.4 Å². The average Bonchev–Trinajstić information content (AvgIpc) is 3.28. The topological polar surface area (TPSA) is 77.3 Å². The summed E-state index contributed by atoms with van der Waals surface area (Å²) in [7, 11) is 1.90. The molecule has 136 valence electrons. The molecule has 1 saturated heterocycles. The molecule has 1 aliphatic rings. The predicted octanol–water partition coefficient (Wildman–Crippen LogP) is 2.66. The summed E-state index contributed by atoms with van der Waals surface area (Å²) in [6.07, 6.45) is 1.77. The molecule has 2 N–H and O–H groups in total. The van der Waals surface area contributed by atoms with E-state index < -0.39 is 0 Å². The summed E-state index contributed by atoms with van der Waals surface area (Å²) < 4.78 is 7.85. The minimum Gasteiger partial charge on any atom is -0.450 e. The summed E-state index contributed by atoms with van der Waals surface area (Å²) in [5.74, 6) is 0.424. The second-order valence-corrected chi connectivity index (χ2v) is 7.32. The number of likely N-dealkylation sites (tertiary alicyclic amines) is 1. The Morgan fingerprint density at radius 3 is 2.58 bits per heavy atom. The molecule has 3 heterocycles. The molecule has 0 unspecified atom stereocenters. The monoisotopic (exact) mass is 352 g/mol. The summed E-state index contributed by atoms with van der Waals surface area (Å²) in [5, 5.41) is 5.27. The zero-order chi connectivity index (χ0) is 18.6. The molecular formula is C20H24N4O2. The Balaban J connectivity index is 1.68. The Labute approximate surface area is 152 Å².